The van der Waals surface area contributed by atoms with E-state index >= 15 is 0 Å². The maximum atomic E-state index is 12.8. The van der Waals surface area contributed by atoms with Crippen molar-refractivity contribution in [3.8, 4) is 11.5 Å². The molecule has 6 heteroatoms. The van der Waals surface area contributed by atoms with E-state index in [0.717, 1.165) is 21.4 Å². The molecule has 0 bridgehead atoms. The maximum Gasteiger partial charge on any atom is 0.255 e. The molecule has 0 aromatic heterocycles. The number of ether oxygens (including phenoxy) is 1. The molecule has 0 heterocycles. The molecule has 0 aliphatic carbocycles. The van der Waals surface area contributed by atoms with Gasteiger partial charge < -0.3 is 15.4 Å². The van der Waals surface area contributed by atoms with Crippen molar-refractivity contribution >= 4 is 45.7 Å². The van der Waals surface area contributed by atoms with Gasteiger partial charge in [0.25, 0.3) is 5.91 Å². The van der Waals surface area contributed by atoms with E-state index < -0.39 is 0 Å². The average Bonchev–Trinajstić information content (AvgIpc) is 2.94. The van der Waals surface area contributed by atoms with Gasteiger partial charge in [-0.2, -0.15) is 0 Å². The van der Waals surface area contributed by atoms with Crippen molar-refractivity contribution in [1.29, 1.82) is 0 Å². The molecule has 188 valence electrons. The third-order valence-electron chi connectivity index (χ3n) is 5.89. The van der Waals surface area contributed by atoms with Gasteiger partial charge in [0.15, 0.2) is 0 Å². The van der Waals surface area contributed by atoms with Crippen molar-refractivity contribution < 1.29 is 14.3 Å². The lowest BCUT2D eigenvalue weighted by molar-refractivity contribution is -0.115. The highest BCUT2D eigenvalue weighted by molar-refractivity contribution is 8.00. The highest BCUT2D eigenvalue weighted by Crippen LogP contribution is 2.28. The number of amides is 2. The van der Waals surface area contributed by atoms with Crippen LogP contribution in [-0.2, 0) is 4.79 Å². The quantitative estimate of drug-likeness (QED) is 0.204. The Labute approximate surface area is 225 Å². The number of nitrogens with one attached hydrogen (secondary N) is 2. The Kier molecular flexibility index (Phi) is 7.71. The number of para-hydroxylation sites is 1. The molecule has 0 fully saturated rings. The van der Waals surface area contributed by atoms with Gasteiger partial charge in [-0.1, -0.05) is 54.6 Å². The van der Waals surface area contributed by atoms with Crippen molar-refractivity contribution in [3.63, 3.8) is 0 Å². The fourth-order valence-corrected chi connectivity index (χ4v) is 4.84. The summed E-state index contributed by atoms with van der Waals surface area (Å²) in [6, 6.07) is 37.9. The molecule has 0 saturated carbocycles. The molecule has 1 unspecified atom stereocenters. The summed E-state index contributed by atoms with van der Waals surface area (Å²) < 4.78 is 5.80. The smallest absolute Gasteiger partial charge is 0.255 e. The second-order valence-electron chi connectivity index (χ2n) is 8.73. The number of fused-ring (bicyclic) bond motifs is 1. The standard InChI is InChI=1S/C32H26N2O3S/c1-22(31(35)33-26-16-18-29(19-17-26)37-28-11-3-2-4-12-28)38-30-13-7-10-27(21-30)34-32(36)25-15-14-23-8-5-6-9-24(23)20-25/h2-22H,1H3,(H,33,35)(H,34,36). The number of rotatable bonds is 8. The zero-order chi connectivity index (χ0) is 26.3. The fraction of sp³-hybridized carbons (Fsp3) is 0.0625. The minimum absolute atomic E-state index is 0.114. The van der Waals surface area contributed by atoms with Crippen LogP contribution in [0.15, 0.2) is 126 Å². The lowest BCUT2D eigenvalue weighted by Crippen LogP contribution is -2.22. The average molecular weight is 519 g/mol. The Morgan fingerprint density at radius 3 is 2.16 bits per heavy atom. The molecule has 5 aromatic rings. The van der Waals surface area contributed by atoms with E-state index in [-0.39, 0.29) is 17.1 Å². The Hall–Kier alpha value is -4.55. The zero-order valence-corrected chi connectivity index (χ0v) is 21.6. The van der Waals surface area contributed by atoms with Crippen LogP contribution in [0.1, 0.15) is 17.3 Å². The topological polar surface area (TPSA) is 67.4 Å². The fourth-order valence-electron chi connectivity index (χ4n) is 3.91. The minimum Gasteiger partial charge on any atom is -0.457 e. The summed E-state index contributed by atoms with van der Waals surface area (Å²) in [6.45, 7) is 1.85. The molecule has 1 atom stereocenters. The first kappa shape index (κ1) is 25.1. The Morgan fingerprint density at radius 1 is 0.658 bits per heavy atom. The summed E-state index contributed by atoms with van der Waals surface area (Å²) in [7, 11) is 0. The van der Waals surface area contributed by atoms with Crippen molar-refractivity contribution in [2.75, 3.05) is 10.6 Å². The largest absolute Gasteiger partial charge is 0.457 e. The Bertz CT molecular complexity index is 1570. The van der Waals surface area contributed by atoms with Gasteiger partial charge in [0.2, 0.25) is 5.91 Å². The predicted molar refractivity (Wildman–Crippen MR) is 155 cm³/mol. The number of thioether (sulfide) groups is 1. The number of anilines is 2. The SMILES string of the molecule is CC(Sc1cccc(NC(=O)c2ccc3ccccc3c2)c1)C(=O)Nc1ccc(Oc2ccccc2)cc1. The summed E-state index contributed by atoms with van der Waals surface area (Å²) in [4.78, 5) is 26.5. The van der Waals surface area contributed by atoms with Crippen LogP contribution in [0.3, 0.4) is 0 Å². The summed E-state index contributed by atoms with van der Waals surface area (Å²) >= 11 is 1.43. The minimum atomic E-state index is -0.346. The van der Waals surface area contributed by atoms with Crippen molar-refractivity contribution in [2.45, 2.75) is 17.1 Å². The number of carbonyl (C=O) groups is 2. The van der Waals surface area contributed by atoms with Crippen LogP contribution in [0.25, 0.3) is 10.8 Å². The molecule has 0 aliphatic heterocycles. The summed E-state index contributed by atoms with van der Waals surface area (Å²) in [5, 5.41) is 7.67. The third-order valence-corrected chi connectivity index (χ3v) is 6.98. The summed E-state index contributed by atoms with van der Waals surface area (Å²) in [5.41, 5.74) is 1.96. The van der Waals surface area contributed by atoms with Gasteiger partial charge in [0.05, 0.1) is 5.25 Å². The van der Waals surface area contributed by atoms with E-state index in [0.29, 0.717) is 22.7 Å². The van der Waals surface area contributed by atoms with Gasteiger partial charge in [-0.25, -0.2) is 0 Å². The van der Waals surface area contributed by atoms with Crippen LogP contribution in [0.5, 0.6) is 11.5 Å². The lowest BCUT2D eigenvalue weighted by atomic mass is 10.1. The van der Waals surface area contributed by atoms with Crippen LogP contribution in [0.2, 0.25) is 0 Å². The molecule has 5 rings (SSSR count). The molecule has 2 amide bonds. The van der Waals surface area contributed by atoms with E-state index in [1.165, 1.54) is 11.8 Å². The van der Waals surface area contributed by atoms with Crippen LogP contribution >= 0.6 is 11.8 Å². The van der Waals surface area contributed by atoms with Crippen molar-refractivity contribution in [3.05, 3.63) is 127 Å². The zero-order valence-electron chi connectivity index (χ0n) is 20.8. The second kappa shape index (κ2) is 11.7. The molecule has 0 saturated heterocycles. The molecule has 0 aliphatic rings. The van der Waals surface area contributed by atoms with Crippen LogP contribution in [0.4, 0.5) is 11.4 Å². The monoisotopic (exact) mass is 518 g/mol. The van der Waals surface area contributed by atoms with Gasteiger partial charge in [0, 0.05) is 21.8 Å². The molecular weight excluding hydrogens is 492 g/mol. The number of benzene rings is 5. The first-order chi connectivity index (χ1) is 18.5. The molecule has 38 heavy (non-hydrogen) atoms. The Morgan fingerprint density at radius 2 is 1.37 bits per heavy atom. The predicted octanol–water partition coefficient (Wildman–Crippen LogP) is 8.00. The highest BCUT2D eigenvalue weighted by atomic mass is 32.2. The van der Waals surface area contributed by atoms with Crippen molar-refractivity contribution in [1.82, 2.24) is 0 Å². The molecule has 0 spiro atoms. The van der Waals surface area contributed by atoms with Gasteiger partial charge in [0.1, 0.15) is 11.5 Å². The molecule has 5 aromatic carbocycles. The van der Waals surface area contributed by atoms with Crippen LogP contribution < -0.4 is 15.4 Å². The van der Waals surface area contributed by atoms with Gasteiger partial charge in [-0.05, 0) is 84.4 Å². The number of carbonyl (C=O) groups excluding carboxylic acids is 2. The van der Waals surface area contributed by atoms with Crippen molar-refractivity contribution in [2.24, 2.45) is 0 Å². The molecule has 0 radical (unpaired) electrons. The third kappa shape index (κ3) is 6.41. The van der Waals surface area contributed by atoms with Crippen LogP contribution in [0, 0.1) is 0 Å². The van der Waals surface area contributed by atoms with E-state index in [2.05, 4.69) is 10.6 Å². The number of hydrogen-bond acceptors (Lipinski definition) is 4. The Balaban J connectivity index is 1.17. The second-order valence-corrected chi connectivity index (χ2v) is 10.1. The van der Waals surface area contributed by atoms with E-state index in [1.54, 1.807) is 0 Å². The molecule has 5 nitrogen and oxygen atoms in total. The maximum absolute atomic E-state index is 12.8. The summed E-state index contributed by atoms with van der Waals surface area (Å²) in [6.07, 6.45) is 0. The van der Waals surface area contributed by atoms with E-state index in [9.17, 15) is 9.59 Å². The lowest BCUT2D eigenvalue weighted by Gasteiger charge is -2.14. The summed E-state index contributed by atoms with van der Waals surface area (Å²) in [5.74, 6) is 1.16. The highest BCUT2D eigenvalue weighted by Gasteiger charge is 2.15. The van der Waals surface area contributed by atoms with Gasteiger partial charge in [-0.15, -0.1) is 11.8 Å². The normalized spacial score (nSPS) is 11.5. The van der Waals surface area contributed by atoms with Crippen LogP contribution in [-0.4, -0.2) is 17.1 Å². The number of hydrogen-bond donors (Lipinski definition) is 2. The van der Waals surface area contributed by atoms with Gasteiger partial charge in [-0.3, -0.25) is 9.59 Å². The molecular formula is C32H26N2O3S. The van der Waals surface area contributed by atoms with E-state index in [1.807, 2.05) is 128 Å². The first-order valence-corrected chi connectivity index (χ1v) is 13.1. The van der Waals surface area contributed by atoms with Gasteiger partial charge >= 0.3 is 0 Å². The first-order valence-electron chi connectivity index (χ1n) is 12.2. The molecule has 2 N–H and O–H groups in total. The van der Waals surface area contributed by atoms with E-state index in [4.69, 9.17) is 4.74 Å².